The highest BCUT2D eigenvalue weighted by molar-refractivity contribution is 7.08. The fourth-order valence-electron chi connectivity index (χ4n) is 7.56. The van der Waals surface area contributed by atoms with Crippen LogP contribution in [0.3, 0.4) is 0 Å². The summed E-state index contributed by atoms with van der Waals surface area (Å²) < 4.78 is 1.86. The second-order valence-electron chi connectivity index (χ2n) is 14.0. The molecule has 56 heavy (non-hydrogen) atoms. The Hall–Kier alpha value is -5.92. The third kappa shape index (κ3) is 7.39. The van der Waals surface area contributed by atoms with Gasteiger partial charge in [-0.05, 0) is 49.2 Å². The van der Waals surface area contributed by atoms with Gasteiger partial charge in [-0.3, -0.25) is 29.0 Å². The summed E-state index contributed by atoms with van der Waals surface area (Å²) in [5, 5.41) is 39.6. The predicted octanol–water partition coefficient (Wildman–Crippen LogP) is 7.85. The number of carbonyl (C=O) groups excluding carboxylic acids is 4. The van der Waals surface area contributed by atoms with Crippen molar-refractivity contribution in [1.82, 2.24) is 9.80 Å². The molecule has 2 aliphatic heterocycles. The van der Waals surface area contributed by atoms with Gasteiger partial charge in [-0.25, -0.2) is 0 Å². The van der Waals surface area contributed by atoms with E-state index in [0.29, 0.717) is 41.4 Å². The number of hydrogen-bond acceptors (Lipinski definition) is 10. The molecular weight excluding hydrogens is 741 g/mol. The van der Waals surface area contributed by atoms with Gasteiger partial charge in [0.1, 0.15) is 35.4 Å². The average Bonchev–Trinajstić information content (AvgIpc) is 3.90. The van der Waals surface area contributed by atoms with Crippen LogP contribution in [0.5, 0.6) is 0 Å². The molecule has 0 fully saturated rings. The van der Waals surface area contributed by atoms with E-state index in [4.69, 9.17) is 0 Å². The molecule has 0 bridgehead atoms. The number of rotatable bonds is 14. The summed E-state index contributed by atoms with van der Waals surface area (Å²) in [7, 11) is 0. The van der Waals surface area contributed by atoms with Gasteiger partial charge in [0, 0.05) is 54.5 Å². The van der Waals surface area contributed by atoms with Crippen LogP contribution in [-0.2, 0) is 0 Å². The van der Waals surface area contributed by atoms with Crippen molar-refractivity contribution < 1.29 is 19.2 Å². The topological polar surface area (TPSA) is 170 Å². The summed E-state index contributed by atoms with van der Waals surface area (Å²) >= 11 is 2.28. The molecule has 0 aliphatic carbocycles. The van der Waals surface area contributed by atoms with Crippen LogP contribution in [0.4, 0.5) is 0 Å². The number of hydrogen-bond donors (Lipinski definition) is 0. The average molecular weight is 781 g/mol. The lowest BCUT2D eigenvalue weighted by atomic mass is 9.83. The van der Waals surface area contributed by atoms with Gasteiger partial charge in [-0.2, -0.15) is 21.0 Å². The molecule has 0 N–H and O–H groups in total. The summed E-state index contributed by atoms with van der Waals surface area (Å²) in [4.78, 5) is 61.0. The molecule has 0 radical (unpaired) electrons. The molecule has 2 aromatic carbocycles. The van der Waals surface area contributed by atoms with Crippen molar-refractivity contribution in [1.29, 1.82) is 21.0 Å². The number of amides is 4. The van der Waals surface area contributed by atoms with E-state index in [-0.39, 0.29) is 57.3 Å². The number of unbranched alkanes of at least 4 members (excludes halogenated alkanes) is 10. The molecule has 2 aromatic heterocycles. The van der Waals surface area contributed by atoms with Crippen LogP contribution >= 0.6 is 22.7 Å². The first kappa shape index (κ1) is 39.8. The normalized spacial score (nSPS) is 14.4. The van der Waals surface area contributed by atoms with Gasteiger partial charge in [0.2, 0.25) is 0 Å². The lowest BCUT2D eigenvalue weighted by Gasteiger charge is -2.32. The molecule has 0 spiro atoms. The van der Waals surface area contributed by atoms with Crippen molar-refractivity contribution >= 4 is 68.2 Å². The summed E-state index contributed by atoms with van der Waals surface area (Å²) in [6.07, 6.45) is 11.3. The molecule has 4 aromatic rings. The van der Waals surface area contributed by atoms with Gasteiger partial charge >= 0.3 is 0 Å². The van der Waals surface area contributed by atoms with Gasteiger partial charge in [0.05, 0.1) is 20.2 Å². The minimum Gasteiger partial charge on any atom is -0.274 e. The van der Waals surface area contributed by atoms with Gasteiger partial charge in [0.15, 0.2) is 0 Å². The van der Waals surface area contributed by atoms with Crippen LogP contribution in [0, 0.1) is 64.8 Å². The zero-order valence-electron chi connectivity index (χ0n) is 31.5. The van der Waals surface area contributed by atoms with Crippen LogP contribution in [0.2, 0.25) is 0 Å². The van der Waals surface area contributed by atoms with E-state index >= 15 is 0 Å². The van der Waals surface area contributed by atoms with Crippen molar-refractivity contribution in [3.05, 3.63) is 87.2 Å². The third-order valence-electron chi connectivity index (χ3n) is 10.4. The Bertz CT molecular complexity index is 2570. The summed E-state index contributed by atoms with van der Waals surface area (Å²) in [6.45, 7) is 4.62. The van der Waals surface area contributed by atoms with Gasteiger partial charge in [-0.1, -0.05) is 78.1 Å². The maximum absolute atomic E-state index is 14.7. The second-order valence-corrected chi connectivity index (χ2v) is 16.2. The smallest absolute Gasteiger partial charge is 0.262 e. The molecule has 0 atom stereocenters. The molecule has 0 saturated heterocycles. The highest BCUT2D eigenvalue weighted by atomic mass is 32.1. The fourth-order valence-corrected chi connectivity index (χ4v) is 9.51. The SMILES string of the molecule is CCCCCCCCN1C(=O)c2c/c(=c3/ccc(=C(C#N)C#N)s3)c3c4c(c/c(=c5/ccc(=C(C#N)C#N)s5)c(c24)C1=O)C(=O)N(CCCCCCCC)C3=O. The molecule has 2 aliphatic rings. The molecule has 4 amide bonds. The number of thiophene rings is 2. The first-order chi connectivity index (χ1) is 27.2. The standard InChI is InChI=1S/C44H40N6O4S2/c1-3-5-7-9-11-13-19-49-41(51)31-21-30(36-18-16-34(56-36)28(25-47)26-48)40-38-32(42(52)50(44(40)54)20-14-12-10-8-6-4-2)22-29(39(37(31)38)43(49)53)35-17-15-33(55-35)27(23-45)24-46/h15-18,21-22H,3-14,19-20H2,1-2H3/b35-29+,36-30+. The maximum Gasteiger partial charge on any atom is 0.262 e. The minimum atomic E-state index is -0.536. The van der Waals surface area contributed by atoms with Crippen molar-refractivity contribution in [2.24, 2.45) is 0 Å². The lowest BCUT2D eigenvalue weighted by molar-refractivity contribution is 0.0585. The molecule has 282 valence electrons. The van der Waals surface area contributed by atoms with E-state index in [2.05, 4.69) is 13.8 Å². The van der Waals surface area contributed by atoms with Crippen molar-refractivity contribution in [2.75, 3.05) is 13.1 Å². The second kappa shape index (κ2) is 17.7. The van der Waals surface area contributed by atoms with Crippen molar-refractivity contribution in [2.45, 2.75) is 90.9 Å². The van der Waals surface area contributed by atoms with Gasteiger partial charge < -0.3 is 0 Å². The van der Waals surface area contributed by atoms with E-state index in [9.17, 15) is 40.2 Å². The summed E-state index contributed by atoms with van der Waals surface area (Å²) in [5.74, 6) is -2.14. The van der Waals surface area contributed by atoms with Crippen LogP contribution in [0.1, 0.15) is 132 Å². The van der Waals surface area contributed by atoms with E-state index in [1.807, 2.05) is 24.3 Å². The van der Waals surface area contributed by atoms with E-state index < -0.39 is 23.6 Å². The van der Waals surface area contributed by atoms with E-state index in [0.717, 1.165) is 86.9 Å². The highest BCUT2D eigenvalue weighted by Gasteiger charge is 2.41. The Morgan fingerprint density at radius 3 is 1.23 bits per heavy atom. The quantitative estimate of drug-likeness (QED) is 0.0920. The van der Waals surface area contributed by atoms with Crippen molar-refractivity contribution in [3.63, 3.8) is 0 Å². The van der Waals surface area contributed by atoms with Crippen LogP contribution in [0.25, 0.3) is 21.9 Å². The summed E-state index contributed by atoms with van der Waals surface area (Å²) in [6, 6.07) is 17.6. The predicted molar refractivity (Wildman–Crippen MR) is 214 cm³/mol. The Kier molecular flexibility index (Phi) is 12.6. The monoisotopic (exact) mass is 780 g/mol. The molecular formula is C44H40N6O4S2. The van der Waals surface area contributed by atoms with Crippen LogP contribution in [0.15, 0.2) is 36.4 Å². The largest absolute Gasteiger partial charge is 0.274 e. The summed E-state index contributed by atoms with van der Waals surface area (Å²) in [5.41, 5.74) is 0.526. The van der Waals surface area contributed by atoms with Gasteiger partial charge in [-0.15, -0.1) is 22.7 Å². The molecule has 10 nitrogen and oxygen atoms in total. The Balaban J connectivity index is 1.70. The van der Waals surface area contributed by atoms with Crippen LogP contribution in [-0.4, -0.2) is 46.5 Å². The van der Waals surface area contributed by atoms with E-state index in [1.165, 1.54) is 9.80 Å². The molecule has 6 rings (SSSR count). The minimum absolute atomic E-state index is 0.0915. The number of nitrogens with zero attached hydrogens (tertiary/aromatic N) is 6. The Morgan fingerprint density at radius 1 is 0.518 bits per heavy atom. The third-order valence-corrected chi connectivity index (χ3v) is 12.7. The zero-order valence-corrected chi connectivity index (χ0v) is 33.1. The Labute approximate surface area is 332 Å². The number of benzene rings is 2. The Morgan fingerprint density at radius 2 is 0.875 bits per heavy atom. The fraction of sp³-hybridized carbons (Fsp3) is 0.364. The lowest BCUT2D eigenvalue weighted by Crippen LogP contribution is -2.44. The maximum atomic E-state index is 14.7. The molecule has 0 saturated carbocycles. The highest BCUT2D eigenvalue weighted by Crippen LogP contribution is 2.40. The number of imide groups is 2. The molecule has 0 unspecified atom stereocenters. The molecule has 12 heteroatoms. The van der Waals surface area contributed by atoms with E-state index in [1.54, 1.807) is 36.4 Å². The first-order valence-corrected chi connectivity index (χ1v) is 20.8. The van der Waals surface area contributed by atoms with Gasteiger partial charge in [0.25, 0.3) is 23.6 Å². The van der Waals surface area contributed by atoms with Crippen LogP contribution < -0.4 is 9.06 Å². The number of carbonyl (C=O) groups is 4. The number of nitriles is 4. The zero-order chi connectivity index (χ0) is 39.9. The van der Waals surface area contributed by atoms with Crippen molar-refractivity contribution in [3.8, 4) is 24.3 Å². The first-order valence-electron chi connectivity index (χ1n) is 19.2. The molecule has 4 heterocycles.